The van der Waals surface area contributed by atoms with Crippen molar-refractivity contribution >= 4 is 16.5 Å². The van der Waals surface area contributed by atoms with Crippen LogP contribution in [-0.2, 0) is 11.3 Å². The molecule has 0 amide bonds. The van der Waals surface area contributed by atoms with Gasteiger partial charge in [-0.3, -0.25) is 4.90 Å². The van der Waals surface area contributed by atoms with E-state index in [9.17, 15) is 0 Å². The molecule has 0 radical (unpaired) electrons. The van der Waals surface area contributed by atoms with Crippen LogP contribution in [0.4, 0.5) is 5.13 Å². The van der Waals surface area contributed by atoms with Gasteiger partial charge in [-0.15, -0.1) is 11.3 Å². The van der Waals surface area contributed by atoms with Crippen LogP contribution >= 0.6 is 11.3 Å². The first-order valence-electron chi connectivity index (χ1n) is 6.20. The van der Waals surface area contributed by atoms with Gasteiger partial charge in [0, 0.05) is 37.8 Å². The zero-order chi connectivity index (χ0) is 12.5. The van der Waals surface area contributed by atoms with Crippen LogP contribution < -0.4 is 5.32 Å². The number of likely N-dealkylation sites (N-methyl/N-ethyl adjacent to an activating group) is 1. The lowest BCUT2D eigenvalue weighted by atomic mass is 10.4. The molecular formula is C12H23N3OS. The number of methoxy groups -OCH3 is 1. The second-order valence-corrected chi connectivity index (χ2v) is 5.04. The Balaban J connectivity index is 2.40. The maximum Gasteiger partial charge on any atom is 0.182 e. The van der Waals surface area contributed by atoms with Crippen LogP contribution in [0.1, 0.15) is 25.1 Å². The van der Waals surface area contributed by atoms with Crippen LogP contribution in [0, 0.1) is 0 Å². The smallest absolute Gasteiger partial charge is 0.182 e. The number of nitrogens with zero attached hydrogens (tertiary/aromatic N) is 2. The topological polar surface area (TPSA) is 37.4 Å². The quantitative estimate of drug-likeness (QED) is 0.737. The number of nitrogens with one attached hydrogen (secondary N) is 1. The van der Waals surface area contributed by atoms with E-state index >= 15 is 0 Å². The molecule has 0 spiro atoms. The highest BCUT2D eigenvalue weighted by molar-refractivity contribution is 7.15. The first-order valence-corrected chi connectivity index (χ1v) is 7.01. The average molecular weight is 257 g/mol. The van der Waals surface area contributed by atoms with E-state index in [1.54, 1.807) is 18.4 Å². The standard InChI is InChI=1S/C12H23N3OS/c1-4-6-13-12-14-9-11(17-12)10-15(5-2)7-8-16-3/h9H,4-8,10H2,1-3H3,(H,13,14). The highest BCUT2D eigenvalue weighted by atomic mass is 32.1. The molecule has 0 aromatic carbocycles. The lowest BCUT2D eigenvalue weighted by Gasteiger charge is -2.18. The van der Waals surface area contributed by atoms with Crippen LogP contribution in [0.15, 0.2) is 6.20 Å². The van der Waals surface area contributed by atoms with Gasteiger partial charge in [0.15, 0.2) is 5.13 Å². The zero-order valence-corrected chi connectivity index (χ0v) is 11.8. The number of hydrogen-bond donors (Lipinski definition) is 1. The van der Waals surface area contributed by atoms with E-state index in [-0.39, 0.29) is 0 Å². The Morgan fingerprint density at radius 1 is 1.47 bits per heavy atom. The normalized spacial score (nSPS) is 11.1. The molecule has 1 rings (SSSR count). The second-order valence-electron chi connectivity index (χ2n) is 3.92. The molecule has 0 aliphatic carbocycles. The Labute approximate surface area is 108 Å². The van der Waals surface area contributed by atoms with E-state index in [0.717, 1.165) is 44.3 Å². The monoisotopic (exact) mass is 257 g/mol. The summed E-state index contributed by atoms with van der Waals surface area (Å²) in [4.78, 5) is 8.04. The number of aromatic nitrogens is 1. The summed E-state index contributed by atoms with van der Waals surface area (Å²) in [5, 5.41) is 4.35. The predicted molar refractivity (Wildman–Crippen MR) is 73.7 cm³/mol. The van der Waals surface area contributed by atoms with Gasteiger partial charge in [-0.2, -0.15) is 0 Å². The third-order valence-corrected chi connectivity index (χ3v) is 3.46. The molecule has 0 saturated carbocycles. The number of thiazole rings is 1. The summed E-state index contributed by atoms with van der Waals surface area (Å²) in [7, 11) is 1.74. The van der Waals surface area contributed by atoms with Gasteiger partial charge < -0.3 is 10.1 Å². The predicted octanol–water partition coefficient (Wildman–Crippen LogP) is 2.43. The molecule has 0 fully saturated rings. The largest absolute Gasteiger partial charge is 0.383 e. The van der Waals surface area contributed by atoms with Crippen molar-refractivity contribution in [1.29, 1.82) is 0 Å². The molecule has 0 bridgehead atoms. The van der Waals surface area contributed by atoms with Gasteiger partial charge in [0.05, 0.1) is 6.61 Å². The molecule has 0 atom stereocenters. The molecule has 5 heteroatoms. The Bertz CT molecular complexity index is 304. The molecule has 1 N–H and O–H groups in total. The van der Waals surface area contributed by atoms with Gasteiger partial charge in [-0.1, -0.05) is 13.8 Å². The SMILES string of the molecule is CCCNc1ncc(CN(CC)CCOC)s1. The maximum absolute atomic E-state index is 5.10. The molecule has 0 unspecified atom stereocenters. The van der Waals surface area contributed by atoms with Crippen LogP contribution in [0.3, 0.4) is 0 Å². The van der Waals surface area contributed by atoms with Crippen molar-refractivity contribution in [2.45, 2.75) is 26.8 Å². The molecule has 0 aliphatic rings. The van der Waals surface area contributed by atoms with Gasteiger partial charge in [0.25, 0.3) is 0 Å². The lowest BCUT2D eigenvalue weighted by Crippen LogP contribution is -2.26. The minimum absolute atomic E-state index is 0.785. The number of ether oxygens (including phenoxy) is 1. The van der Waals surface area contributed by atoms with E-state index < -0.39 is 0 Å². The van der Waals surface area contributed by atoms with Crippen molar-refractivity contribution in [3.63, 3.8) is 0 Å². The molecule has 17 heavy (non-hydrogen) atoms. The molecular weight excluding hydrogens is 234 g/mol. The first kappa shape index (κ1) is 14.4. The minimum atomic E-state index is 0.785. The van der Waals surface area contributed by atoms with Gasteiger partial charge in [0.2, 0.25) is 0 Å². The maximum atomic E-state index is 5.10. The van der Waals surface area contributed by atoms with Gasteiger partial charge in [0.1, 0.15) is 0 Å². The summed E-state index contributed by atoms with van der Waals surface area (Å²) in [6.07, 6.45) is 3.10. The number of anilines is 1. The number of rotatable bonds is 9. The van der Waals surface area contributed by atoms with E-state index in [1.807, 2.05) is 6.20 Å². The van der Waals surface area contributed by atoms with Gasteiger partial charge in [-0.05, 0) is 13.0 Å². The van der Waals surface area contributed by atoms with Crippen LogP contribution in [0.2, 0.25) is 0 Å². The molecule has 1 heterocycles. The molecule has 1 aromatic heterocycles. The molecule has 1 aromatic rings. The van der Waals surface area contributed by atoms with Crippen molar-refractivity contribution in [2.75, 3.05) is 38.7 Å². The fraction of sp³-hybridized carbons (Fsp3) is 0.750. The Morgan fingerprint density at radius 2 is 2.29 bits per heavy atom. The van der Waals surface area contributed by atoms with Gasteiger partial charge >= 0.3 is 0 Å². The summed E-state index contributed by atoms with van der Waals surface area (Å²) < 4.78 is 5.10. The molecule has 0 saturated heterocycles. The highest BCUT2D eigenvalue weighted by Crippen LogP contribution is 2.19. The first-order chi connectivity index (χ1) is 8.30. The average Bonchev–Trinajstić information content (AvgIpc) is 2.79. The van der Waals surface area contributed by atoms with Crippen LogP contribution in [0.5, 0.6) is 0 Å². The van der Waals surface area contributed by atoms with Crippen molar-refractivity contribution in [1.82, 2.24) is 9.88 Å². The zero-order valence-electron chi connectivity index (χ0n) is 11.0. The minimum Gasteiger partial charge on any atom is -0.383 e. The van der Waals surface area contributed by atoms with Crippen molar-refractivity contribution < 1.29 is 4.74 Å². The van der Waals surface area contributed by atoms with Crippen LogP contribution in [0.25, 0.3) is 0 Å². The fourth-order valence-corrected chi connectivity index (χ4v) is 2.36. The third-order valence-electron chi connectivity index (χ3n) is 2.52. The van der Waals surface area contributed by atoms with Crippen molar-refractivity contribution in [2.24, 2.45) is 0 Å². The molecule has 0 aliphatic heterocycles. The fourth-order valence-electron chi connectivity index (χ4n) is 1.48. The van der Waals surface area contributed by atoms with E-state index in [1.165, 1.54) is 4.88 Å². The van der Waals surface area contributed by atoms with E-state index in [4.69, 9.17) is 4.74 Å². The summed E-state index contributed by atoms with van der Waals surface area (Å²) in [5.74, 6) is 0. The van der Waals surface area contributed by atoms with Gasteiger partial charge in [-0.25, -0.2) is 4.98 Å². The Hall–Kier alpha value is -0.650. The molecule has 98 valence electrons. The summed E-state index contributed by atoms with van der Waals surface area (Å²) >= 11 is 1.75. The van der Waals surface area contributed by atoms with E-state index in [2.05, 4.69) is 29.0 Å². The Morgan fingerprint density at radius 3 is 2.94 bits per heavy atom. The van der Waals surface area contributed by atoms with Crippen molar-refractivity contribution in [3.05, 3.63) is 11.1 Å². The summed E-state index contributed by atoms with van der Waals surface area (Å²) in [6, 6.07) is 0. The lowest BCUT2D eigenvalue weighted by molar-refractivity contribution is 0.148. The van der Waals surface area contributed by atoms with Crippen molar-refractivity contribution in [3.8, 4) is 0 Å². The highest BCUT2D eigenvalue weighted by Gasteiger charge is 2.06. The summed E-state index contributed by atoms with van der Waals surface area (Å²) in [6.45, 7) is 9.09. The van der Waals surface area contributed by atoms with Crippen LogP contribution in [-0.4, -0.2) is 43.2 Å². The van der Waals surface area contributed by atoms with E-state index in [0.29, 0.717) is 0 Å². The number of hydrogen-bond acceptors (Lipinski definition) is 5. The Kier molecular flexibility index (Phi) is 7.16. The third kappa shape index (κ3) is 5.48. The molecule has 4 nitrogen and oxygen atoms in total. The second kappa shape index (κ2) is 8.44. The summed E-state index contributed by atoms with van der Waals surface area (Å²) in [5.41, 5.74) is 0.